The van der Waals surface area contributed by atoms with Gasteiger partial charge in [-0.25, -0.2) is 0 Å². The Balaban J connectivity index is 2.61. The predicted molar refractivity (Wildman–Crippen MR) is 71.0 cm³/mol. The number of anilines is 1. The average Bonchev–Trinajstić information content (AvgIpc) is 2.32. The molecule has 0 heterocycles. The Hall–Kier alpha value is -1.51. The van der Waals surface area contributed by atoms with Gasteiger partial charge in [-0.1, -0.05) is 5.92 Å². The number of hydrogen-bond acceptors (Lipinski definition) is 3. The van der Waals surface area contributed by atoms with Crippen molar-refractivity contribution in [2.24, 2.45) is 0 Å². The Bertz CT molecular complexity index is 441. The zero-order chi connectivity index (χ0) is 12.7. The number of ether oxygens (including phenoxy) is 1. The summed E-state index contributed by atoms with van der Waals surface area (Å²) >= 11 is 3.35. The first-order chi connectivity index (χ1) is 8.17. The number of rotatable bonds is 5. The molecule has 0 aliphatic heterocycles. The molecular weight excluding hydrogens is 284 g/mol. The van der Waals surface area contributed by atoms with Gasteiger partial charge in [-0.2, -0.15) is 0 Å². The first kappa shape index (κ1) is 13.6. The minimum atomic E-state index is -0.158. The lowest BCUT2D eigenvalue weighted by molar-refractivity contribution is -0.115. The number of halogens is 1. The van der Waals surface area contributed by atoms with E-state index in [0.717, 1.165) is 4.47 Å². The van der Waals surface area contributed by atoms with Crippen molar-refractivity contribution in [2.75, 3.05) is 25.5 Å². The van der Waals surface area contributed by atoms with Crippen LogP contribution in [0.25, 0.3) is 0 Å². The lowest BCUT2D eigenvalue weighted by Crippen LogP contribution is -2.28. The van der Waals surface area contributed by atoms with Crippen molar-refractivity contribution in [1.29, 1.82) is 0 Å². The van der Waals surface area contributed by atoms with Gasteiger partial charge in [-0.15, -0.1) is 6.42 Å². The van der Waals surface area contributed by atoms with Crippen LogP contribution in [0.5, 0.6) is 5.75 Å². The maximum atomic E-state index is 11.5. The summed E-state index contributed by atoms with van der Waals surface area (Å²) in [6.45, 7) is 0.542. The van der Waals surface area contributed by atoms with Gasteiger partial charge < -0.3 is 10.1 Å². The quantitative estimate of drug-likeness (QED) is 0.641. The van der Waals surface area contributed by atoms with Crippen LogP contribution in [0.3, 0.4) is 0 Å². The van der Waals surface area contributed by atoms with Crippen LogP contribution in [0.15, 0.2) is 22.7 Å². The molecule has 0 saturated heterocycles. The number of terminal acetylenes is 1. The largest absolute Gasteiger partial charge is 0.497 e. The van der Waals surface area contributed by atoms with E-state index in [2.05, 4.69) is 32.5 Å². The van der Waals surface area contributed by atoms with Gasteiger partial charge in [0.2, 0.25) is 5.91 Å². The minimum Gasteiger partial charge on any atom is -0.497 e. The summed E-state index contributed by atoms with van der Waals surface area (Å²) in [5.74, 6) is 2.92. The van der Waals surface area contributed by atoms with E-state index in [1.54, 1.807) is 19.2 Å². The molecule has 90 valence electrons. The molecule has 0 unspecified atom stereocenters. The fraction of sp³-hybridized carbons (Fsp3) is 0.250. The number of benzene rings is 1. The third-order valence-electron chi connectivity index (χ3n) is 1.96. The van der Waals surface area contributed by atoms with Crippen LogP contribution >= 0.6 is 15.9 Å². The van der Waals surface area contributed by atoms with Crippen LogP contribution in [-0.4, -0.2) is 26.1 Å². The second-order valence-electron chi connectivity index (χ2n) is 3.20. The molecule has 0 fully saturated rings. The SMILES string of the molecule is C#CCNCC(=O)Nc1cc(OC)ccc1Br. The molecule has 2 N–H and O–H groups in total. The number of hydrogen-bond donors (Lipinski definition) is 2. The Morgan fingerprint density at radius 2 is 2.35 bits per heavy atom. The van der Waals surface area contributed by atoms with E-state index in [9.17, 15) is 4.79 Å². The third-order valence-corrected chi connectivity index (χ3v) is 2.65. The topological polar surface area (TPSA) is 50.4 Å². The summed E-state index contributed by atoms with van der Waals surface area (Å²) in [4.78, 5) is 11.5. The van der Waals surface area contributed by atoms with Crippen molar-refractivity contribution in [3.63, 3.8) is 0 Å². The Morgan fingerprint density at radius 1 is 1.59 bits per heavy atom. The molecule has 0 aliphatic rings. The smallest absolute Gasteiger partial charge is 0.238 e. The Morgan fingerprint density at radius 3 is 3.00 bits per heavy atom. The summed E-state index contributed by atoms with van der Waals surface area (Å²) < 4.78 is 5.87. The minimum absolute atomic E-state index is 0.158. The molecule has 0 spiro atoms. The lowest BCUT2D eigenvalue weighted by atomic mass is 10.3. The standard InChI is InChI=1S/C12H13BrN2O2/c1-3-6-14-8-12(16)15-11-7-9(17-2)4-5-10(11)13/h1,4-5,7,14H,6,8H2,2H3,(H,15,16). The summed E-state index contributed by atoms with van der Waals surface area (Å²) in [5.41, 5.74) is 0.664. The normalized spacial score (nSPS) is 9.47. The first-order valence-electron chi connectivity index (χ1n) is 4.95. The van der Waals surface area contributed by atoms with Crippen molar-refractivity contribution in [3.8, 4) is 18.1 Å². The van der Waals surface area contributed by atoms with Gasteiger partial charge in [-0.05, 0) is 28.1 Å². The van der Waals surface area contributed by atoms with E-state index in [1.807, 2.05) is 6.07 Å². The van der Waals surface area contributed by atoms with E-state index < -0.39 is 0 Å². The Labute approximate surface area is 109 Å². The van der Waals surface area contributed by atoms with E-state index in [-0.39, 0.29) is 12.5 Å². The highest BCUT2D eigenvalue weighted by Crippen LogP contribution is 2.26. The molecule has 0 aliphatic carbocycles. The van der Waals surface area contributed by atoms with Crippen molar-refractivity contribution < 1.29 is 9.53 Å². The van der Waals surface area contributed by atoms with Gasteiger partial charge in [0.05, 0.1) is 25.9 Å². The molecular formula is C12H13BrN2O2. The van der Waals surface area contributed by atoms with Crippen molar-refractivity contribution in [2.45, 2.75) is 0 Å². The molecule has 5 heteroatoms. The molecule has 1 amide bonds. The van der Waals surface area contributed by atoms with E-state index in [0.29, 0.717) is 18.0 Å². The number of amides is 1. The van der Waals surface area contributed by atoms with Gasteiger partial charge in [0, 0.05) is 10.5 Å². The molecule has 17 heavy (non-hydrogen) atoms. The molecule has 0 bridgehead atoms. The van der Waals surface area contributed by atoms with Crippen molar-refractivity contribution in [1.82, 2.24) is 5.32 Å². The van der Waals surface area contributed by atoms with Crippen LogP contribution in [0.4, 0.5) is 5.69 Å². The molecule has 0 aromatic heterocycles. The van der Waals surface area contributed by atoms with Gasteiger partial charge in [0.25, 0.3) is 0 Å². The van der Waals surface area contributed by atoms with Gasteiger partial charge in [-0.3, -0.25) is 10.1 Å². The maximum absolute atomic E-state index is 11.5. The van der Waals surface area contributed by atoms with Crippen molar-refractivity contribution in [3.05, 3.63) is 22.7 Å². The first-order valence-corrected chi connectivity index (χ1v) is 5.74. The molecule has 0 radical (unpaired) electrons. The molecule has 0 saturated carbocycles. The lowest BCUT2D eigenvalue weighted by Gasteiger charge is -2.09. The summed E-state index contributed by atoms with van der Waals surface area (Å²) in [6, 6.07) is 5.35. The third kappa shape index (κ3) is 4.47. The fourth-order valence-corrected chi connectivity index (χ4v) is 1.52. The number of carbonyl (C=O) groups is 1. The summed E-state index contributed by atoms with van der Waals surface area (Å²) in [6.07, 6.45) is 5.06. The van der Waals surface area contributed by atoms with E-state index >= 15 is 0 Å². The highest BCUT2D eigenvalue weighted by molar-refractivity contribution is 9.10. The van der Waals surface area contributed by atoms with Crippen LogP contribution in [0.2, 0.25) is 0 Å². The van der Waals surface area contributed by atoms with Crippen molar-refractivity contribution >= 4 is 27.5 Å². The average molecular weight is 297 g/mol. The number of nitrogens with one attached hydrogen (secondary N) is 2. The predicted octanol–water partition coefficient (Wildman–Crippen LogP) is 1.62. The molecule has 0 atom stereocenters. The number of methoxy groups -OCH3 is 1. The van der Waals surface area contributed by atoms with Gasteiger partial charge in [0.15, 0.2) is 0 Å². The highest BCUT2D eigenvalue weighted by Gasteiger charge is 2.06. The molecule has 1 aromatic carbocycles. The molecule has 1 aromatic rings. The second-order valence-corrected chi connectivity index (χ2v) is 4.06. The van der Waals surface area contributed by atoms with Crippen LogP contribution < -0.4 is 15.4 Å². The molecule has 1 rings (SSSR count). The van der Waals surface area contributed by atoms with Gasteiger partial charge in [0.1, 0.15) is 5.75 Å². The van der Waals surface area contributed by atoms with Crippen LogP contribution in [0, 0.1) is 12.3 Å². The number of carbonyl (C=O) groups excluding carboxylic acids is 1. The zero-order valence-electron chi connectivity index (χ0n) is 9.42. The zero-order valence-corrected chi connectivity index (χ0v) is 11.0. The maximum Gasteiger partial charge on any atom is 0.238 e. The van der Waals surface area contributed by atoms with Gasteiger partial charge >= 0.3 is 0 Å². The van der Waals surface area contributed by atoms with Crippen LogP contribution in [-0.2, 0) is 4.79 Å². The summed E-state index contributed by atoms with van der Waals surface area (Å²) in [5, 5.41) is 5.56. The Kier molecular flexibility index (Phi) is 5.53. The summed E-state index contributed by atoms with van der Waals surface area (Å²) in [7, 11) is 1.57. The molecule has 4 nitrogen and oxygen atoms in total. The monoisotopic (exact) mass is 296 g/mol. The fourth-order valence-electron chi connectivity index (χ4n) is 1.17. The van der Waals surface area contributed by atoms with Crippen LogP contribution in [0.1, 0.15) is 0 Å². The van der Waals surface area contributed by atoms with E-state index in [4.69, 9.17) is 11.2 Å². The second kappa shape index (κ2) is 6.94. The van der Waals surface area contributed by atoms with E-state index in [1.165, 1.54) is 0 Å². The highest BCUT2D eigenvalue weighted by atomic mass is 79.9.